The zero-order chi connectivity index (χ0) is 17.0. The number of carbonyl (C=O) groups excluding carboxylic acids is 2. The van der Waals surface area contributed by atoms with Crippen LogP contribution in [-0.2, 0) is 19.1 Å². The molecule has 2 rings (SSSR count). The lowest BCUT2D eigenvalue weighted by Gasteiger charge is -2.25. The van der Waals surface area contributed by atoms with Crippen LogP contribution in [0.4, 0.5) is 10.1 Å². The van der Waals surface area contributed by atoms with Gasteiger partial charge in [-0.25, -0.2) is 14.0 Å². The molecule has 0 unspecified atom stereocenters. The van der Waals surface area contributed by atoms with E-state index in [9.17, 15) is 14.0 Å². The minimum atomic E-state index is -0.774. The largest absolute Gasteiger partial charge is 0.465 e. The van der Waals surface area contributed by atoms with Crippen LogP contribution in [0.25, 0.3) is 0 Å². The van der Waals surface area contributed by atoms with Crippen molar-refractivity contribution < 1.29 is 23.5 Å². The zero-order valence-electron chi connectivity index (χ0n) is 13.0. The molecule has 0 amide bonds. The van der Waals surface area contributed by atoms with Crippen molar-refractivity contribution in [2.24, 2.45) is 0 Å². The van der Waals surface area contributed by atoms with Gasteiger partial charge in [0.2, 0.25) is 0 Å². The van der Waals surface area contributed by atoms with Gasteiger partial charge in [0.05, 0.1) is 25.5 Å². The first-order valence-corrected chi connectivity index (χ1v) is 6.81. The molecule has 0 N–H and O–H groups in total. The number of aryl methyl sites for hydroxylation is 1. The van der Waals surface area contributed by atoms with Gasteiger partial charge in [0.1, 0.15) is 11.5 Å². The van der Waals surface area contributed by atoms with E-state index in [1.54, 1.807) is 31.2 Å². The maximum absolute atomic E-state index is 14.3. The Morgan fingerprint density at radius 3 is 2.39 bits per heavy atom. The highest BCUT2D eigenvalue weighted by Gasteiger charge is 2.29. The predicted molar refractivity (Wildman–Crippen MR) is 83.0 cm³/mol. The first-order valence-electron chi connectivity index (χ1n) is 6.81. The Morgan fingerprint density at radius 1 is 1.09 bits per heavy atom. The molecule has 0 bridgehead atoms. The van der Waals surface area contributed by atoms with Gasteiger partial charge in [0, 0.05) is 6.20 Å². The van der Waals surface area contributed by atoms with Crippen LogP contribution in [0.5, 0.6) is 0 Å². The number of allylic oxidation sites excluding steroid dienone is 2. The van der Waals surface area contributed by atoms with E-state index in [0.717, 1.165) is 0 Å². The number of hydrogen-bond donors (Lipinski definition) is 0. The molecule has 120 valence electrons. The molecule has 1 aliphatic rings. The third kappa shape index (κ3) is 3.15. The molecule has 0 saturated heterocycles. The average Bonchev–Trinajstić information content (AvgIpc) is 2.76. The summed E-state index contributed by atoms with van der Waals surface area (Å²) in [5.41, 5.74) is 0.626. The lowest BCUT2D eigenvalue weighted by atomic mass is 10.1. The van der Waals surface area contributed by atoms with Crippen molar-refractivity contribution in [2.45, 2.75) is 6.92 Å². The minimum Gasteiger partial charge on any atom is -0.465 e. The maximum Gasteiger partial charge on any atom is 0.355 e. The lowest BCUT2D eigenvalue weighted by Crippen LogP contribution is -2.28. The van der Waals surface area contributed by atoms with Gasteiger partial charge in [-0.2, -0.15) is 0 Å². The highest BCUT2D eigenvalue weighted by Crippen LogP contribution is 2.31. The molecule has 1 heterocycles. The summed E-state index contributed by atoms with van der Waals surface area (Å²) >= 11 is 0. The van der Waals surface area contributed by atoms with E-state index in [1.807, 2.05) is 0 Å². The van der Waals surface area contributed by atoms with E-state index in [1.165, 1.54) is 37.5 Å². The monoisotopic (exact) mass is 317 g/mol. The third-order valence-electron chi connectivity index (χ3n) is 3.32. The van der Waals surface area contributed by atoms with Crippen molar-refractivity contribution in [3.8, 4) is 0 Å². The summed E-state index contributed by atoms with van der Waals surface area (Å²) < 4.78 is 23.8. The van der Waals surface area contributed by atoms with Crippen molar-refractivity contribution in [1.82, 2.24) is 0 Å². The lowest BCUT2D eigenvalue weighted by molar-refractivity contribution is -0.139. The van der Waals surface area contributed by atoms with Crippen LogP contribution in [0.2, 0.25) is 0 Å². The smallest absolute Gasteiger partial charge is 0.355 e. The standard InChI is InChI=1S/C17H16FNO4/c1-11-7-6-9-13(18)14(11)19-10-5-4-8-12(16(20)22-2)15(19)17(21)23-3/h4-10H,1-3H3. The molecule has 0 fully saturated rings. The average molecular weight is 317 g/mol. The Balaban J connectivity index is 2.74. The molecular formula is C17H16FNO4. The number of hydrogen-bond acceptors (Lipinski definition) is 5. The normalized spacial score (nSPS) is 13.8. The molecule has 0 atom stereocenters. The quantitative estimate of drug-likeness (QED) is 0.802. The third-order valence-corrected chi connectivity index (χ3v) is 3.32. The summed E-state index contributed by atoms with van der Waals surface area (Å²) in [6.07, 6.45) is 6.06. The van der Waals surface area contributed by atoms with Crippen LogP contribution in [0.3, 0.4) is 0 Å². The van der Waals surface area contributed by atoms with Gasteiger partial charge in [-0.1, -0.05) is 18.2 Å². The van der Waals surface area contributed by atoms with Crippen LogP contribution in [0.1, 0.15) is 5.56 Å². The molecule has 6 heteroatoms. The summed E-state index contributed by atoms with van der Waals surface area (Å²) in [5, 5.41) is 0. The first-order chi connectivity index (χ1) is 11.0. The summed E-state index contributed by atoms with van der Waals surface area (Å²) in [7, 11) is 2.39. The number of halogens is 1. The molecule has 23 heavy (non-hydrogen) atoms. The number of nitrogens with zero attached hydrogens (tertiary/aromatic N) is 1. The molecule has 0 saturated carbocycles. The van der Waals surface area contributed by atoms with Crippen LogP contribution in [0.15, 0.2) is 53.9 Å². The van der Waals surface area contributed by atoms with Gasteiger partial charge in [-0.05, 0) is 30.7 Å². The van der Waals surface area contributed by atoms with Crippen LogP contribution in [-0.4, -0.2) is 26.2 Å². The molecule has 5 nitrogen and oxygen atoms in total. The van der Waals surface area contributed by atoms with Crippen molar-refractivity contribution in [2.75, 3.05) is 19.1 Å². The molecule has 0 aromatic heterocycles. The van der Waals surface area contributed by atoms with Crippen molar-refractivity contribution >= 4 is 17.6 Å². The number of benzene rings is 1. The number of anilines is 1. The van der Waals surface area contributed by atoms with Gasteiger partial charge in [-0.15, -0.1) is 0 Å². The maximum atomic E-state index is 14.3. The van der Waals surface area contributed by atoms with Gasteiger partial charge in [0.15, 0.2) is 0 Å². The van der Waals surface area contributed by atoms with Crippen molar-refractivity contribution in [3.05, 3.63) is 65.3 Å². The van der Waals surface area contributed by atoms with Crippen molar-refractivity contribution in [3.63, 3.8) is 0 Å². The van der Waals surface area contributed by atoms with Crippen LogP contribution in [0, 0.1) is 12.7 Å². The van der Waals surface area contributed by atoms with E-state index >= 15 is 0 Å². The Hall–Kier alpha value is -2.89. The fourth-order valence-electron chi connectivity index (χ4n) is 2.26. The number of ether oxygens (including phenoxy) is 2. The Bertz CT molecular complexity index is 714. The molecule has 1 aromatic rings. The molecular weight excluding hydrogens is 301 g/mol. The topological polar surface area (TPSA) is 55.8 Å². The summed E-state index contributed by atoms with van der Waals surface area (Å²) in [4.78, 5) is 25.5. The fourth-order valence-corrected chi connectivity index (χ4v) is 2.26. The Labute approximate surface area is 133 Å². The molecule has 0 radical (unpaired) electrons. The summed E-state index contributed by atoms with van der Waals surface area (Å²) in [5.74, 6) is -2.02. The van der Waals surface area contributed by atoms with Crippen LogP contribution >= 0.6 is 0 Å². The SMILES string of the molecule is COC(=O)C1=C(C(=O)OC)N(c2c(C)cccc2F)C=CC=C1. The number of methoxy groups -OCH3 is 2. The highest BCUT2D eigenvalue weighted by molar-refractivity contribution is 6.05. The van der Waals surface area contributed by atoms with E-state index in [2.05, 4.69) is 0 Å². The van der Waals surface area contributed by atoms with Gasteiger partial charge >= 0.3 is 11.9 Å². The number of esters is 2. The van der Waals surface area contributed by atoms with Crippen LogP contribution < -0.4 is 4.90 Å². The second kappa shape index (κ2) is 6.91. The number of carbonyl (C=O) groups is 2. The number of para-hydroxylation sites is 1. The second-order valence-corrected chi connectivity index (χ2v) is 4.72. The first kappa shape index (κ1) is 16.5. The van der Waals surface area contributed by atoms with Gasteiger partial charge in [0.25, 0.3) is 0 Å². The number of rotatable bonds is 3. The molecule has 0 aliphatic carbocycles. The minimum absolute atomic E-state index is 0.0213. The molecule has 0 spiro atoms. The van der Waals surface area contributed by atoms with E-state index in [-0.39, 0.29) is 17.0 Å². The Kier molecular flexibility index (Phi) is 4.95. The van der Waals surface area contributed by atoms with Gasteiger partial charge in [-0.3, -0.25) is 0 Å². The van der Waals surface area contributed by atoms with Gasteiger partial charge < -0.3 is 14.4 Å². The summed E-state index contributed by atoms with van der Waals surface area (Å²) in [6, 6.07) is 4.55. The zero-order valence-corrected chi connectivity index (χ0v) is 13.0. The predicted octanol–water partition coefficient (Wildman–Crippen LogP) is 2.62. The second-order valence-electron chi connectivity index (χ2n) is 4.72. The van der Waals surface area contributed by atoms with E-state index in [4.69, 9.17) is 9.47 Å². The highest BCUT2D eigenvalue weighted by atomic mass is 19.1. The molecule has 1 aliphatic heterocycles. The fraction of sp³-hybridized carbons (Fsp3) is 0.176. The molecule has 1 aromatic carbocycles. The van der Waals surface area contributed by atoms with E-state index in [0.29, 0.717) is 5.56 Å². The van der Waals surface area contributed by atoms with E-state index < -0.39 is 17.8 Å². The summed E-state index contributed by atoms with van der Waals surface area (Å²) in [6.45, 7) is 1.71. The van der Waals surface area contributed by atoms with Crippen molar-refractivity contribution in [1.29, 1.82) is 0 Å². The Morgan fingerprint density at radius 2 is 1.78 bits per heavy atom.